The van der Waals surface area contributed by atoms with Gasteiger partial charge in [0.1, 0.15) is 0 Å². The van der Waals surface area contributed by atoms with Crippen LogP contribution in [0.1, 0.15) is 31.4 Å². The van der Waals surface area contributed by atoms with Crippen molar-refractivity contribution in [1.82, 2.24) is 20.0 Å². The smallest absolute Gasteiger partial charge is 0.223 e. The molecule has 1 aromatic heterocycles. The van der Waals surface area contributed by atoms with Crippen LogP contribution in [0.5, 0.6) is 0 Å². The molecule has 0 radical (unpaired) electrons. The molecule has 1 N–H and O–H groups in total. The van der Waals surface area contributed by atoms with Crippen LogP contribution in [0.25, 0.3) is 0 Å². The number of nitrogens with zero attached hydrogens (tertiary/aromatic N) is 3. The Bertz CT molecular complexity index is 562. The van der Waals surface area contributed by atoms with Gasteiger partial charge in [-0.25, -0.2) is 0 Å². The lowest BCUT2D eigenvalue weighted by Crippen LogP contribution is -2.39. The largest absolute Gasteiger partial charge is 0.383 e. The number of carbonyl (C=O) groups excluding carboxylic acids is 1. The maximum atomic E-state index is 12.5. The first-order chi connectivity index (χ1) is 11.6. The van der Waals surface area contributed by atoms with Gasteiger partial charge in [-0.15, -0.1) is 0 Å². The molecule has 0 unspecified atom stereocenters. The van der Waals surface area contributed by atoms with E-state index in [0.29, 0.717) is 25.6 Å². The third kappa shape index (κ3) is 3.63. The molecule has 4 atom stereocenters. The molecule has 24 heavy (non-hydrogen) atoms. The lowest BCUT2D eigenvalue weighted by atomic mass is 9.95. The number of amides is 1. The highest BCUT2D eigenvalue weighted by Gasteiger charge is 2.41. The average molecular weight is 336 g/mol. The fourth-order valence-electron chi connectivity index (χ4n) is 3.85. The van der Waals surface area contributed by atoms with Crippen molar-refractivity contribution >= 4 is 5.91 Å². The number of carbonyl (C=O) groups is 1. The van der Waals surface area contributed by atoms with Gasteiger partial charge in [0.05, 0.1) is 24.9 Å². The van der Waals surface area contributed by atoms with Gasteiger partial charge in [-0.3, -0.25) is 9.48 Å². The second-order valence-electron chi connectivity index (χ2n) is 6.82. The number of nitrogens with one attached hydrogen (secondary N) is 1. The molecule has 0 aliphatic carbocycles. The Morgan fingerprint density at radius 1 is 1.50 bits per heavy atom. The number of aromatic nitrogens is 2. The molecular weight excluding hydrogens is 308 g/mol. The van der Waals surface area contributed by atoms with Crippen molar-refractivity contribution in [1.29, 1.82) is 0 Å². The Kier molecular flexibility index (Phi) is 5.53. The summed E-state index contributed by atoms with van der Waals surface area (Å²) < 4.78 is 12.6. The third-order valence-corrected chi connectivity index (χ3v) is 5.16. The lowest BCUT2D eigenvalue weighted by Gasteiger charge is -2.28. The summed E-state index contributed by atoms with van der Waals surface area (Å²) >= 11 is 0. The van der Waals surface area contributed by atoms with Crippen molar-refractivity contribution in [2.45, 2.75) is 38.0 Å². The first kappa shape index (κ1) is 17.4. The van der Waals surface area contributed by atoms with Crippen molar-refractivity contribution in [2.75, 3.05) is 33.4 Å². The summed E-state index contributed by atoms with van der Waals surface area (Å²) in [6.45, 7) is 4.90. The fourth-order valence-corrected chi connectivity index (χ4v) is 3.85. The second-order valence-corrected chi connectivity index (χ2v) is 6.82. The Morgan fingerprint density at radius 3 is 2.96 bits per heavy atom. The van der Waals surface area contributed by atoms with Gasteiger partial charge in [0.2, 0.25) is 5.91 Å². The van der Waals surface area contributed by atoms with Gasteiger partial charge in [-0.1, -0.05) is 0 Å². The van der Waals surface area contributed by atoms with E-state index >= 15 is 0 Å². The fraction of sp³-hybridized carbons (Fsp3) is 0.765. The quantitative estimate of drug-likeness (QED) is 0.795. The number of hydrogen-bond acceptors (Lipinski definition) is 5. The minimum absolute atomic E-state index is 0.0616. The molecule has 0 aromatic carbocycles. The van der Waals surface area contributed by atoms with Crippen LogP contribution in [0.2, 0.25) is 0 Å². The summed E-state index contributed by atoms with van der Waals surface area (Å²) in [4.78, 5) is 14.5. The summed E-state index contributed by atoms with van der Waals surface area (Å²) in [5.74, 6) is 0.440. The van der Waals surface area contributed by atoms with Crippen LogP contribution in [0.3, 0.4) is 0 Å². The second kappa shape index (κ2) is 7.63. The Balaban J connectivity index is 1.72. The molecule has 7 nitrogen and oxygen atoms in total. The molecule has 0 spiro atoms. The maximum Gasteiger partial charge on any atom is 0.223 e. The molecule has 2 fully saturated rings. The normalized spacial score (nSPS) is 30.5. The number of hydrogen-bond donors (Lipinski definition) is 1. The Hall–Kier alpha value is -1.44. The van der Waals surface area contributed by atoms with Crippen molar-refractivity contribution in [2.24, 2.45) is 13.0 Å². The zero-order valence-electron chi connectivity index (χ0n) is 14.8. The van der Waals surface area contributed by atoms with E-state index in [-0.39, 0.29) is 24.0 Å². The van der Waals surface area contributed by atoms with E-state index in [1.807, 2.05) is 24.3 Å². The number of rotatable bonds is 7. The predicted octanol–water partition coefficient (Wildman–Crippen LogP) is 0.723. The predicted molar refractivity (Wildman–Crippen MR) is 89.5 cm³/mol. The summed E-state index contributed by atoms with van der Waals surface area (Å²) in [6, 6.07) is 0.439. The third-order valence-electron chi connectivity index (χ3n) is 5.16. The van der Waals surface area contributed by atoms with E-state index < -0.39 is 0 Å². The van der Waals surface area contributed by atoms with Gasteiger partial charge in [-0.05, 0) is 13.3 Å². The van der Waals surface area contributed by atoms with E-state index in [9.17, 15) is 4.79 Å². The van der Waals surface area contributed by atoms with Crippen molar-refractivity contribution in [3.05, 3.63) is 18.0 Å². The van der Waals surface area contributed by atoms with Crippen LogP contribution in [0.4, 0.5) is 0 Å². The zero-order valence-corrected chi connectivity index (χ0v) is 14.8. The van der Waals surface area contributed by atoms with Gasteiger partial charge in [-0.2, -0.15) is 5.10 Å². The minimum atomic E-state index is 0.0616. The van der Waals surface area contributed by atoms with Crippen molar-refractivity contribution in [3.63, 3.8) is 0 Å². The van der Waals surface area contributed by atoms with Gasteiger partial charge in [0.25, 0.3) is 0 Å². The summed E-state index contributed by atoms with van der Waals surface area (Å²) in [7, 11) is 3.57. The van der Waals surface area contributed by atoms with Crippen LogP contribution >= 0.6 is 0 Å². The number of likely N-dealkylation sites (tertiary alicyclic amines) is 1. The maximum absolute atomic E-state index is 12.5. The number of aryl methyl sites for hydroxylation is 1. The monoisotopic (exact) mass is 336 g/mol. The molecule has 3 heterocycles. The molecule has 0 saturated carbocycles. The highest BCUT2D eigenvalue weighted by molar-refractivity contribution is 5.79. The van der Waals surface area contributed by atoms with Crippen LogP contribution in [0.15, 0.2) is 12.4 Å². The van der Waals surface area contributed by atoms with E-state index in [1.54, 1.807) is 11.8 Å². The van der Waals surface area contributed by atoms with Crippen molar-refractivity contribution < 1.29 is 14.3 Å². The molecule has 0 bridgehead atoms. The van der Waals surface area contributed by atoms with Crippen LogP contribution < -0.4 is 5.32 Å². The summed E-state index contributed by atoms with van der Waals surface area (Å²) in [5.41, 5.74) is 1.10. The molecule has 1 amide bonds. The lowest BCUT2D eigenvalue weighted by molar-refractivity contribution is -0.129. The highest BCUT2D eigenvalue weighted by atomic mass is 16.5. The Morgan fingerprint density at radius 2 is 2.33 bits per heavy atom. The molecule has 2 aliphatic heterocycles. The van der Waals surface area contributed by atoms with Gasteiger partial charge in [0, 0.05) is 64.0 Å². The molecule has 3 rings (SSSR count). The van der Waals surface area contributed by atoms with Crippen molar-refractivity contribution in [3.8, 4) is 0 Å². The Labute approximate surface area is 143 Å². The molecule has 134 valence electrons. The van der Waals surface area contributed by atoms with E-state index in [4.69, 9.17) is 9.47 Å². The standard InChI is InChI=1S/C17H28N4O3/c1-12-15(4-6-24-12)18-9-13-8-16(22)21(5-7-23-3)17(13)14-10-19-20(2)11-14/h10-13,15,17-18H,4-9H2,1-3H3/t12-,13+,15+,17-/m1/s1. The first-order valence-corrected chi connectivity index (χ1v) is 8.72. The first-order valence-electron chi connectivity index (χ1n) is 8.72. The van der Waals surface area contributed by atoms with Gasteiger partial charge < -0.3 is 19.7 Å². The highest BCUT2D eigenvalue weighted by Crippen LogP contribution is 2.37. The van der Waals surface area contributed by atoms with Gasteiger partial charge >= 0.3 is 0 Å². The van der Waals surface area contributed by atoms with Crippen LogP contribution in [-0.2, 0) is 21.3 Å². The molecular formula is C17H28N4O3. The number of ether oxygens (including phenoxy) is 2. The SMILES string of the molecule is COCCN1C(=O)C[C@@H](CN[C@H]2CCO[C@@H]2C)[C@@H]1c1cnn(C)c1. The molecule has 7 heteroatoms. The average Bonchev–Trinajstić information content (AvgIpc) is 3.23. The van der Waals surface area contributed by atoms with Crippen LogP contribution in [0, 0.1) is 5.92 Å². The van der Waals surface area contributed by atoms with Crippen LogP contribution in [-0.4, -0.2) is 66.1 Å². The summed E-state index contributed by atoms with van der Waals surface area (Å²) in [6.07, 6.45) is 5.73. The van der Waals surface area contributed by atoms with E-state index in [1.165, 1.54) is 0 Å². The molecule has 2 aliphatic rings. The molecule has 2 saturated heterocycles. The molecule has 1 aromatic rings. The zero-order chi connectivity index (χ0) is 17.1. The van der Waals surface area contributed by atoms with E-state index in [2.05, 4.69) is 17.3 Å². The minimum Gasteiger partial charge on any atom is -0.383 e. The summed E-state index contributed by atoms with van der Waals surface area (Å²) in [5, 5.41) is 7.91. The topological polar surface area (TPSA) is 68.6 Å². The van der Waals surface area contributed by atoms with Gasteiger partial charge in [0.15, 0.2) is 0 Å². The van der Waals surface area contributed by atoms with E-state index in [0.717, 1.165) is 25.1 Å². The number of methoxy groups -OCH3 is 1.